The van der Waals surface area contributed by atoms with Gasteiger partial charge in [-0.15, -0.1) is 0 Å². The van der Waals surface area contributed by atoms with E-state index in [-0.39, 0.29) is 41.6 Å². The molecule has 0 radical (unpaired) electrons. The number of amides is 1. The summed E-state index contributed by atoms with van der Waals surface area (Å²) in [5.41, 5.74) is 3.51. The summed E-state index contributed by atoms with van der Waals surface area (Å²) in [5, 5.41) is 0. The first kappa shape index (κ1) is 28.7. The Morgan fingerprint density at radius 3 is 2.17 bits per heavy atom. The second kappa shape index (κ2) is 11.6. The van der Waals surface area contributed by atoms with E-state index in [1.807, 2.05) is 61.7 Å². The molecule has 1 saturated carbocycles. The number of carbonyl (C=O) groups is 2. The van der Waals surface area contributed by atoms with Gasteiger partial charge in [-0.2, -0.15) is 0 Å². The Bertz CT molecular complexity index is 1440. The number of aryl methyl sites for hydroxylation is 1. The molecule has 2 aliphatic rings. The summed E-state index contributed by atoms with van der Waals surface area (Å²) < 4.78 is 13.1. The van der Waals surface area contributed by atoms with E-state index in [2.05, 4.69) is 26.0 Å². The van der Waals surface area contributed by atoms with Gasteiger partial charge >= 0.3 is 12.1 Å². The fourth-order valence-corrected chi connectivity index (χ4v) is 6.74. The van der Waals surface area contributed by atoms with Gasteiger partial charge in [-0.3, -0.25) is 9.59 Å². The SMILES string of the molecule is COC(=O)C(C1CC1)C(C)(C)C(c1ccccc1)C1CCN(C(C)c2ccc(-c3ccc(=O)n(C)c3)cc2)C(=O)O1. The third-order valence-corrected chi connectivity index (χ3v) is 9.10. The molecule has 0 bridgehead atoms. The van der Waals surface area contributed by atoms with Crippen molar-refractivity contribution in [3.63, 3.8) is 0 Å². The van der Waals surface area contributed by atoms with E-state index in [1.54, 1.807) is 22.6 Å². The summed E-state index contributed by atoms with van der Waals surface area (Å²) in [5.74, 6) is -0.310. The van der Waals surface area contributed by atoms with Crippen LogP contribution in [0.25, 0.3) is 11.1 Å². The van der Waals surface area contributed by atoms with E-state index in [1.165, 1.54) is 7.11 Å². The maximum Gasteiger partial charge on any atom is 0.410 e. The van der Waals surface area contributed by atoms with Crippen molar-refractivity contribution >= 4 is 12.1 Å². The molecule has 41 heavy (non-hydrogen) atoms. The number of methoxy groups -OCH3 is 1. The first-order chi connectivity index (χ1) is 19.6. The average molecular weight is 557 g/mol. The van der Waals surface area contributed by atoms with Crippen molar-refractivity contribution in [2.45, 2.75) is 58.1 Å². The highest BCUT2D eigenvalue weighted by Gasteiger charge is 2.53. The van der Waals surface area contributed by atoms with Gasteiger partial charge in [0.2, 0.25) is 5.56 Å². The highest BCUT2D eigenvalue weighted by Crippen LogP contribution is 2.54. The molecule has 0 spiro atoms. The van der Waals surface area contributed by atoms with Crippen LogP contribution in [0, 0.1) is 17.3 Å². The molecule has 7 heteroatoms. The standard InChI is InChI=1S/C34H40N2O5/c1-22(23-11-13-24(14-12-23)27-17-18-29(37)35(4)21-27)36-20-19-28(41-33(36)39)30(25-9-7-6-8-10-25)34(2,3)31(26-15-16-26)32(38)40-5/h6-14,17-18,21-22,26,28,30-31H,15-16,19-20H2,1-5H3. The fourth-order valence-electron chi connectivity index (χ4n) is 6.74. The monoisotopic (exact) mass is 556 g/mol. The summed E-state index contributed by atoms with van der Waals surface area (Å²) in [4.78, 5) is 40.1. The first-order valence-corrected chi connectivity index (χ1v) is 14.5. The van der Waals surface area contributed by atoms with Gasteiger partial charge in [-0.25, -0.2) is 4.79 Å². The summed E-state index contributed by atoms with van der Waals surface area (Å²) in [7, 11) is 3.20. The summed E-state index contributed by atoms with van der Waals surface area (Å²) in [6.45, 7) is 6.82. The molecule has 2 aromatic carbocycles. The van der Waals surface area contributed by atoms with Gasteiger partial charge in [0.1, 0.15) is 6.10 Å². The van der Waals surface area contributed by atoms with Crippen molar-refractivity contribution in [3.8, 4) is 11.1 Å². The van der Waals surface area contributed by atoms with Crippen LogP contribution in [0.5, 0.6) is 0 Å². The van der Waals surface area contributed by atoms with Crippen LogP contribution in [0.3, 0.4) is 0 Å². The maximum absolute atomic E-state index is 13.5. The highest BCUT2D eigenvalue weighted by molar-refractivity contribution is 5.74. The zero-order chi connectivity index (χ0) is 29.3. The third kappa shape index (κ3) is 5.81. The smallest absolute Gasteiger partial charge is 0.410 e. The number of hydrogen-bond donors (Lipinski definition) is 0. The molecule has 4 unspecified atom stereocenters. The highest BCUT2D eigenvalue weighted by atomic mass is 16.6. The van der Waals surface area contributed by atoms with E-state index >= 15 is 0 Å². The molecule has 1 saturated heterocycles. The third-order valence-electron chi connectivity index (χ3n) is 9.10. The molecular formula is C34H40N2O5. The molecule has 0 N–H and O–H groups in total. The number of esters is 1. The van der Waals surface area contributed by atoms with Crippen LogP contribution in [-0.2, 0) is 21.3 Å². The predicted octanol–water partition coefficient (Wildman–Crippen LogP) is 6.33. The zero-order valence-electron chi connectivity index (χ0n) is 24.6. The van der Waals surface area contributed by atoms with Gasteiger partial charge in [0.05, 0.1) is 19.1 Å². The Labute approximate surface area is 242 Å². The van der Waals surface area contributed by atoms with E-state index in [4.69, 9.17) is 9.47 Å². The topological polar surface area (TPSA) is 77.8 Å². The van der Waals surface area contributed by atoms with Crippen LogP contribution in [0.4, 0.5) is 4.79 Å². The van der Waals surface area contributed by atoms with Crippen molar-refractivity contribution in [1.29, 1.82) is 0 Å². The van der Waals surface area contributed by atoms with Crippen molar-refractivity contribution < 1.29 is 19.1 Å². The molecule has 1 aliphatic carbocycles. The largest absolute Gasteiger partial charge is 0.469 e. The first-order valence-electron chi connectivity index (χ1n) is 14.5. The number of ether oxygens (including phenoxy) is 2. The Morgan fingerprint density at radius 1 is 0.927 bits per heavy atom. The normalized spacial score (nSPS) is 19.7. The molecule has 2 fully saturated rings. The van der Waals surface area contributed by atoms with Crippen LogP contribution in [-0.4, -0.2) is 41.3 Å². The lowest BCUT2D eigenvalue weighted by atomic mass is 9.62. The minimum Gasteiger partial charge on any atom is -0.469 e. The number of benzene rings is 2. The number of rotatable bonds is 9. The maximum atomic E-state index is 13.5. The van der Waals surface area contributed by atoms with Crippen LogP contribution >= 0.6 is 0 Å². The predicted molar refractivity (Wildman–Crippen MR) is 158 cm³/mol. The van der Waals surface area contributed by atoms with Crippen molar-refractivity contribution in [2.75, 3.05) is 13.7 Å². The molecule has 1 aliphatic heterocycles. The van der Waals surface area contributed by atoms with Crippen LogP contribution in [0.2, 0.25) is 0 Å². The molecule has 4 atom stereocenters. The van der Waals surface area contributed by atoms with E-state index < -0.39 is 5.41 Å². The van der Waals surface area contributed by atoms with Gasteiger partial charge in [0.15, 0.2) is 0 Å². The minimum atomic E-state index is -0.481. The van der Waals surface area contributed by atoms with Gasteiger partial charge in [-0.05, 0) is 59.4 Å². The van der Waals surface area contributed by atoms with Crippen LogP contribution in [0.1, 0.15) is 63.1 Å². The zero-order valence-corrected chi connectivity index (χ0v) is 24.6. The number of aromatic nitrogens is 1. The second-order valence-corrected chi connectivity index (χ2v) is 12.1. The Balaban J connectivity index is 1.35. The average Bonchev–Trinajstić information content (AvgIpc) is 3.79. The Morgan fingerprint density at radius 2 is 1.59 bits per heavy atom. The van der Waals surface area contributed by atoms with E-state index in [0.29, 0.717) is 18.9 Å². The lowest BCUT2D eigenvalue weighted by Gasteiger charge is -2.46. The van der Waals surface area contributed by atoms with E-state index in [9.17, 15) is 14.4 Å². The minimum absolute atomic E-state index is 0.0489. The summed E-state index contributed by atoms with van der Waals surface area (Å²) in [6, 6.07) is 21.4. The quantitative estimate of drug-likeness (QED) is 0.288. The second-order valence-electron chi connectivity index (χ2n) is 12.1. The van der Waals surface area contributed by atoms with Crippen molar-refractivity contribution in [2.24, 2.45) is 24.3 Å². The Hall–Kier alpha value is -3.87. The number of pyridine rings is 1. The number of cyclic esters (lactones) is 1. The van der Waals surface area contributed by atoms with Gasteiger partial charge in [-0.1, -0.05) is 68.4 Å². The Kier molecular flexibility index (Phi) is 8.07. The van der Waals surface area contributed by atoms with Crippen LogP contribution < -0.4 is 5.56 Å². The molecule has 2 heterocycles. The molecule has 1 amide bonds. The summed E-state index contributed by atoms with van der Waals surface area (Å²) in [6.07, 6.45) is 3.81. The van der Waals surface area contributed by atoms with Crippen LogP contribution in [0.15, 0.2) is 77.7 Å². The van der Waals surface area contributed by atoms with Gasteiger partial charge in [0.25, 0.3) is 0 Å². The van der Waals surface area contributed by atoms with Crippen molar-refractivity contribution in [3.05, 3.63) is 94.4 Å². The molecule has 3 aromatic rings. The van der Waals surface area contributed by atoms with Crippen molar-refractivity contribution in [1.82, 2.24) is 9.47 Å². The molecule has 7 nitrogen and oxygen atoms in total. The fraction of sp³-hybridized carbons (Fsp3) is 0.441. The van der Waals surface area contributed by atoms with Gasteiger partial charge < -0.3 is 18.9 Å². The number of nitrogens with zero attached hydrogens (tertiary/aromatic N) is 2. The lowest BCUT2D eigenvalue weighted by Crippen LogP contribution is -2.50. The molecule has 216 valence electrons. The van der Waals surface area contributed by atoms with Gasteiger partial charge in [0, 0.05) is 38.2 Å². The number of hydrogen-bond acceptors (Lipinski definition) is 5. The molecule has 5 rings (SSSR count). The molecule has 1 aromatic heterocycles. The van der Waals surface area contributed by atoms with E-state index in [0.717, 1.165) is 35.1 Å². The number of carbonyl (C=O) groups excluding carboxylic acids is 2. The summed E-state index contributed by atoms with van der Waals surface area (Å²) >= 11 is 0. The molecular weight excluding hydrogens is 516 g/mol. The lowest BCUT2D eigenvalue weighted by molar-refractivity contribution is -0.153.